The highest BCUT2D eigenvalue weighted by Gasteiger charge is 2.36. The van der Waals surface area contributed by atoms with Crippen molar-refractivity contribution in [2.24, 2.45) is 7.05 Å². The molecule has 1 heterocycles. The fourth-order valence-corrected chi connectivity index (χ4v) is 1.64. The molecular weight excluding hydrogens is 295 g/mol. The number of nitrogens with zero attached hydrogens (tertiary/aromatic N) is 2. The number of hydrogen-bond acceptors (Lipinski definition) is 3. The van der Waals surface area contributed by atoms with E-state index in [1.807, 2.05) is 13.8 Å². The molecule has 1 aromatic heterocycles. The van der Waals surface area contributed by atoms with Gasteiger partial charge in [0, 0.05) is 32.0 Å². The first-order valence-electron chi connectivity index (χ1n) is 6.22. The molecule has 0 radical (unpaired) electrons. The minimum atomic E-state index is -4.40. The quantitative estimate of drug-likeness (QED) is 0.786. The molecule has 0 aliphatic carbocycles. The molecule has 1 rings (SSSR count). The maximum Gasteiger partial charge on any atom is 0.435 e. The van der Waals surface area contributed by atoms with E-state index in [1.165, 1.54) is 17.9 Å². The molecule has 0 spiro atoms. The predicted octanol–water partition coefficient (Wildman–Crippen LogP) is 2.77. The van der Waals surface area contributed by atoms with E-state index in [-0.39, 0.29) is 30.6 Å². The number of ether oxygens (including phenoxy) is 1. The molecule has 0 aliphatic rings. The van der Waals surface area contributed by atoms with Crippen LogP contribution in [0.25, 0.3) is 0 Å². The molecule has 0 atom stereocenters. The van der Waals surface area contributed by atoms with Crippen LogP contribution in [0.15, 0.2) is 6.20 Å². The van der Waals surface area contributed by atoms with E-state index in [0.29, 0.717) is 13.2 Å². The van der Waals surface area contributed by atoms with E-state index in [4.69, 9.17) is 4.74 Å². The first-order chi connectivity index (χ1) is 8.80. The van der Waals surface area contributed by atoms with Crippen molar-refractivity contribution in [1.82, 2.24) is 15.1 Å². The molecule has 0 saturated carbocycles. The first-order valence-corrected chi connectivity index (χ1v) is 6.22. The predicted molar refractivity (Wildman–Crippen MR) is 72.9 cm³/mol. The molecule has 0 amide bonds. The summed E-state index contributed by atoms with van der Waals surface area (Å²) in [5, 5.41) is 6.42. The van der Waals surface area contributed by atoms with Crippen LogP contribution < -0.4 is 5.32 Å². The minimum absolute atomic E-state index is 0. The van der Waals surface area contributed by atoms with Gasteiger partial charge in [-0.3, -0.25) is 4.68 Å². The highest BCUT2D eigenvalue weighted by Crippen LogP contribution is 2.30. The van der Waals surface area contributed by atoms with Gasteiger partial charge in [0.1, 0.15) is 0 Å². The molecule has 4 nitrogen and oxygen atoms in total. The summed E-state index contributed by atoms with van der Waals surface area (Å²) in [6.45, 7) is 5.25. The van der Waals surface area contributed by atoms with Gasteiger partial charge in [-0.2, -0.15) is 18.3 Å². The largest absolute Gasteiger partial charge is 0.435 e. The van der Waals surface area contributed by atoms with Crippen LogP contribution in [-0.2, 0) is 24.5 Å². The Balaban J connectivity index is 0.00000361. The third kappa shape index (κ3) is 6.58. The number of nitrogens with one attached hydrogen (secondary N) is 1. The van der Waals surface area contributed by atoms with Crippen molar-refractivity contribution in [3.63, 3.8) is 0 Å². The van der Waals surface area contributed by atoms with Gasteiger partial charge >= 0.3 is 6.18 Å². The second kappa shape index (κ2) is 8.49. The monoisotopic (exact) mass is 315 g/mol. The van der Waals surface area contributed by atoms with Crippen LogP contribution in [0.5, 0.6) is 0 Å². The van der Waals surface area contributed by atoms with Gasteiger partial charge in [-0.1, -0.05) is 0 Å². The Kier molecular flexibility index (Phi) is 8.15. The fourth-order valence-electron chi connectivity index (χ4n) is 1.64. The summed E-state index contributed by atoms with van der Waals surface area (Å²) < 4.78 is 44.5. The topological polar surface area (TPSA) is 39.1 Å². The molecule has 0 unspecified atom stereocenters. The Morgan fingerprint density at radius 1 is 1.40 bits per heavy atom. The van der Waals surface area contributed by atoms with Crippen LogP contribution in [0.1, 0.15) is 31.5 Å². The Morgan fingerprint density at radius 3 is 2.60 bits per heavy atom. The summed E-state index contributed by atoms with van der Waals surface area (Å²) in [6, 6.07) is 0. The highest BCUT2D eigenvalue weighted by molar-refractivity contribution is 5.85. The van der Waals surface area contributed by atoms with Gasteiger partial charge in [-0.05, 0) is 26.8 Å². The number of alkyl halides is 3. The van der Waals surface area contributed by atoms with Crippen molar-refractivity contribution in [3.05, 3.63) is 17.5 Å². The van der Waals surface area contributed by atoms with Crippen molar-refractivity contribution in [1.29, 1.82) is 0 Å². The number of halogens is 4. The molecule has 1 N–H and O–H groups in total. The van der Waals surface area contributed by atoms with Crippen LogP contribution >= 0.6 is 12.4 Å². The van der Waals surface area contributed by atoms with E-state index in [0.717, 1.165) is 6.42 Å². The van der Waals surface area contributed by atoms with E-state index >= 15 is 0 Å². The smallest absolute Gasteiger partial charge is 0.379 e. The van der Waals surface area contributed by atoms with Gasteiger partial charge in [-0.25, -0.2) is 0 Å². The second-order valence-corrected chi connectivity index (χ2v) is 4.62. The maximum absolute atomic E-state index is 12.7. The maximum atomic E-state index is 12.7. The van der Waals surface area contributed by atoms with Gasteiger partial charge in [0.05, 0.1) is 6.10 Å². The third-order valence-electron chi connectivity index (χ3n) is 2.44. The molecular formula is C12H21ClF3N3O. The summed E-state index contributed by atoms with van der Waals surface area (Å²) in [5.74, 6) is 0. The van der Waals surface area contributed by atoms with Crippen LogP contribution in [0.2, 0.25) is 0 Å². The Morgan fingerprint density at radius 2 is 2.05 bits per heavy atom. The molecule has 118 valence electrons. The van der Waals surface area contributed by atoms with Crippen molar-refractivity contribution in [3.8, 4) is 0 Å². The lowest BCUT2D eigenvalue weighted by Crippen LogP contribution is -2.19. The number of hydrogen-bond donors (Lipinski definition) is 1. The van der Waals surface area contributed by atoms with Crippen LogP contribution in [0.3, 0.4) is 0 Å². The molecule has 0 fully saturated rings. The number of aromatic nitrogens is 2. The van der Waals surface area contributed by atoms with Gasteiger partial charge in [0.2, 0.25) is 0 Å². The number of aryl methyl sites for hydroxylation is 1. The summed E-state index contributed by atoms with van der Waals surface area (Å²) >= 11 is 0. The minimum Gasteiger partial charge on any atom is -0.379 e. The third-order valence-corrected chi connectivity index (χ3v) is 2.44. The Bertz CT molecular complexity index is 394. The lowest BCUT2D eigenvalue weighted by Gasteiger charge is -2.09. The molecule has 0 saturated heterocycles. The van der Waals surface area contributed by atoms with Gasteiger partial charge < -0.3 is 10.1 Å². The first kappa shape index (κ1) is 19.2. The van der Waals surface area contributed by atoms with Crippen molar-refractivity contribution in [2.75, 3.05) is 13.2 Å². The molecule has 1 aromatic rings. The van der Waals surface area contributed by atoms with Crippen LogP contribution in [-0.4, -0.2) is 29.0 Å². The average Bonchev–Trinajstić information content (AvgIpc) is 2.64. The van der Waals surface area contributed by atoms with Gasteiger partial charge in [-0.15, -0.1) is 12.4 Å². The Hall–Kier alpha value is -0.790. The zero-order valence-electron chi connectivity index (χ0n) is 11.8. The lowest BCUT2D eigenvalue weighted by atomic mass is 10.2. The van der Waals surface area contributed by atoms with E-state index in [9.17, 15) is 13.2 Å². The summed E-state index contributed by atoms with van der Waals surface area (Å²) in [6.07, 6.45) is -2.07. The normalized spacial score (nSPS) is 11.8. The number of rotatable bonds is 7. The van der Waals surface area contributed by atoms with Crippen molar-refractivity contribution >= 4 is 12.4 Å². The summed E-state index contributed by atoms with van der Waals surface area (Å²) in [4.78, 5) is 0. The van der Waals surface area contributed by atoms with E-state index in [1.54, 1.807) is 0 Å². The standard InChI is InChI=1S/C12H20F3N3O.ClH/c1-9(2)19-6-4-5-16-7-10-8-18(3)17-11(10)12(13,14)15;/h8-9,16H,4-7H2,1-3H3;1H. The summed E-state index contributed by atoms with van der Waals surface area (Å²) in [7, 11) is 1.48. The lowest BCUT2D eigenvalue weighted by molar-refractivity contribution is -0.142. The van der Waals surface area contributed by atoms with Gasteiger partial charge in [0.15, 0.2) is 5.69 Å². The highest BCUT2D eigenvalue weighted by atomic mass is 35.5. The zero-order valence-corrected chi connectivity index (χ0v) is 12.6. The van der Waals surface area contributed by atoms with Crippen LogP contribution in [0, 0.1) is 0 Å². The van der Waals surface area contributed by atoms with Crippen molar-refractivity contribution < 1.29 is 17.9 Å². The molecule has 8 heteroatoms. The van der Waals surface area contributed by atoms with E-state index in [2.05, 4.69) is 10.4 Å². The van der Waals surface area contributed by atoms with Gasteiger partial charge in [0.25, 0.3) is 0 Å². The van der Waals surface area contributed by atoms with E-state index < -0.39 is 11.9 Å². The molecule has 0 aliphatic heterocycles. The van der Waals surface area contributed by atoms with Crippen LogP contribution in [0.4, 0.5) is 13.2 Å². The molecule has 0 aromatic carbocycles. The fraction of sp³-hybridized carbons (Fsp3) is 0.750. The second-order valence-electron chi connectivity index (χ2n) is 4.62. The average molecular weight is 316 g/mol. The van der Waals surface area contributed by atoms with Crippen molar-refractivity contribution in [2.45, 2.75) is 39.1 Å². The molecule has 20 heavy (non-hydrogen) atoms. The Labute approximate surface area is 123 Å². The molecule has 0 bridgehead atoms. The SMILES string of the molecule is CC(C)OCCCNCc1cn(C)nc1C(F)(F)F.Cl. The summed E-state index contributed by atoms with van der Waals surface area (Å²) in [5.41, 5.74) is -0.652. The zero-order chi connectivity index (χ0) is 14.5.